The molecule has 1 aliphatic carbocycles. The van der Waals surface area contributed by atoms with Crippen LogP contribution in [0.1, 0.15) is 45.4 Å². The second-order valence-corrected chi connectivity index (χ2v) is 8.05. The van der Waals surface area contributed by atoms with Crippen LogP contribution in [0.15, 0.2) is 24.3 Å². The monoisotopic (exact) mass is 403 g/mol. The molecule has 2 aliphatic rings. The number of benzene rings is 1. The number of para-hydroxylation sites is 2. The summed E-state index contributed by atoms with van der Waals surface area (Å²) in [5, 5.41) is 14.2. The van der Waals surface area contributed by atoms with Crippen LogP contribution in [0.2, 0.25) is 0 Å². The Morgan fingerprint density at radius 3 is 2.55 bits per heavy atom. The minimum atomic E-state index is -0.387. The molecule has 1 aromatic rings. The van der Waals surface area contributed by atoms with Crippen molar-refractivity contribution < 1.29 is 19.2 Å². The van der Waals surface area contributed by atoms with Gasteiger partial charge in [-0.2, -0.15) is 0 Å². The number of amides is 1. The van der Waals surface area contributed by atoms with Crippen molar-refractivity contribution in [1.29, 1.82) is 0 Å². The van der Waals surface area contributed by atoms with E-state index in [1.165, 1.54) is 12.5 Å². The standard InChI is InChI=1S/C21H29N3O5/c1-15-6-2-3-7-17(15)22-20(25)14-29-21(26)16-10-12-23(13-11-16)18-8-4-5-9-19(18)24(27)28/h4-5,8-9,15-17H,2-3,6-7,10-14H2,1H3,(H,22,25)/t15-,17-/m0/s1. The average molecular weight is 403 g/mol. The zero-order chi connectivity index (χ0) is 20.8. The Morgan fingerprint density at radius 2 is 1.86 bits per heavy atom. The molecule has 1 amide bonds. The van der Waals surface area contributed by atoms with Crippen LogP contribution in [0.4, 0.5) is 11.4 Å². The summed E-state index contributed by atoms with van der Waals surface area (Å²) in [5.41, 5.74) is 0.646. The predicted octanol–water partition coefficient (Wildman–Crippen LogP) is 3.05. The quantitative estimate of drug-likeness (QED) is 0.445. The number of anilines is 1. The summed E-state index contributed by atoms with van der Waals surface area (Å²) in [6.45, 7) is 2.97. The van der Waals surface area contributed by atoms with E-state index in [4.69, 9.17) is 4.74 Å². The van der Waals surface area contributed by atoms with E-state index in [2.05, 4.69) is 12.2 Å². The lowest BCUT2D eigenvalue weighted by molar-refractivity contribution is -0.384. The molecule has 0 unspecified atom stereocenters. The number of nitro benzene ring substituents is 1. The molecule has 2 atom stereocenters. The van der Waals surface area contributed by atoms with Crippen LogP contribution < -0.4 is 10.2 Å². The summed E-state index contributed by atoms with van der Waals surface area (Å²) in [6.07, 6.45) is 5.51. The van der Waals surface area contributed by atoms with Crippen molar-refractivity contribution in [2.24, 2.45) is 11.8 Å². The van der Waals surface area contributed by atoms with Crippen LogP contribution in [-0.4, -0.2) is 42.5 Å². The fraction of sp³-hybridized carbons (Fsp3) is 0.619. The van der Waals surface area contributed by atoms with Crippen molar-refractivity contribution in [3.05, 3.63) is 34.4 Å². The topological polar surface area (TPSA) is 102 Å². The van der Waals surface area contributed by atoms with Gasteiger partial charge in [-0.3, -0.25) is 19.7 Å². The van der Waals surface area contributed by atoms with Gasteiger partial charge >= 0.3 is 5.97 Å². The van der Waals surface area contributed by atoms with E-state index < -0.39 is 0 Å². The number of carbonyl (C=O) groups excluding carboxylic acids is 2. The highest BCUT2D eigenvalue weighted by Crippen LogP contribution is 2.31. The summed E-state index contributed by atoms with van der Waals surface area (Å²) in [7, 11) is 0. The number of carbonyl (C=O) groups is 2. The second kappa shape index (κ2) is 9.71. The largest absolute Gasteiger partial charge is 0.455 e. The van der Waals surface area contributed by atoms with Gasteiger partial charge in [0.05, 0.1) is 10.8 Å². The van der Waals surface area contributed by atoms with Gasteiger partial charge in [-0.1, -0.05) is 31.9 Å². The maximum Gasteiger partial charge on any atom is 0.309 e. The number of nitrogens with one attached hydrogen (secondary N) is 1. The van der Waals surface area contributed by atoms with E-state index in [-0.39, 0.29) is 41.1 Å². The summed E-state index contributed by atoms with van der Waals surface area (Å²) < 4.78 is 5.25. The summed E-state index contributed by atoms with van der Waals surface area (Å²) in [5.74, 6) is -0.432. The van der Waals surface area contributed by atoms with Gasteiger partial charge in [-0.25, -0.2) is 0 Å². The Hall–Kier alpha value is -2.64. The Bertz CT molecular complexity index is 746. The third kappa shape index (κ3) is 5.46. The summed E-state index contributed by atoms with van der Waals surface area (Å²) in [4.78, 5) is 37.2. The molecule has 3 rings (SSSR count). The van der Waals surface area contributed by atoms with E-state index in [1.54, 1.807) is 18.2 Å². The Labute approximate surface area is 170 Å². The SMILES string of the molecule is C[C@H]1CCCC[C@@H]1NC(=O)COC(=O)C1CCN(c2ccccc2[N+](=O)[O-])CC1. The van der Waals surface area contributed by atoms with Crippen LogP contribution in [0.5, 0.6) is 0 Å². The van der Waals surface area contributed by atoms with Gasteiger partial charge in [0.1, 0.15) is 5.69 Å². The van der Waals surface area contributed by atoms with Crippen LogP contribution in [0, 0.1) is 22.0 Å². The highest BCUT2D eigenvalue weighted by atomic mass is 16.6. The molecular weight excluding hydrogens is 374 g/mol. The zero-order valence-electron chi connectivity index (χ0n) is 16.8. The first kappa shape index (κ1) is 21.1. The van der Waals surface area contributed by atoms with Crippen LogP contribution in [0.3, 0.4) is 0 Å². The maximum atomic E-state index is 12.3. The first-order valence-electron chi connectivity index (χ1n) is 10.4. The number of nitro groups is 1. The van der Waals surface area contributed by atoms with Crippen molar-refractivity contribution in [2.75, 3.05) is 24.6 Å². The molecule has 158 valence electrons. The zero-order valence-corrected chi connectivity index (χ0v) is 16.8. The summed E-state index contributed by atoms with van der Waals surface area (Å²) >= 11 is 0. The molecule has 29 heavy (non-hydrogen) atoms. The van der Waals surface area contributed by atoms with Crippen LogP contribution in [-0.2, 0) is 14.3 Å². The number of piperidine rings is 1. The smallest absolute Gasteiger partial charge is 0.309 e. The molecular formula is C21H29N3O5. The third-order valence-corrected chi connectivity index (χ3v) is 6.05. The van der Waals surface area contributed by atoms with E-state index in [0.29, 0.717) is 37.5 Å². The summed E-state index contributed by atoms with van der Waals surface area (Å²) in [6, 6.07) is 6.80. The molecule has 1 saturated heterocycles. The van der Waals surface area contributed by atoms with Crippen LogP contribution >= 0.6 is 0 Å². The number of hydrogen-bond donors (Lipinski definition) is 1. The Balaban J connectivity index is 1.44. The van der Waals surface area contributed by atoms with Gasteiger partial charge in [0.2, 0.25) is 0 Å². The fourth-order valence-electron chi connectivity index (χ4n) is 4.28. The lowest BCUT2D eigenvalue weighted by Gasteiger charge is -2.32. The first-order chi connectivity index (χ1) is 14.0. The third-order valence-electron chi connectivity index (χ3n) is 6.05. The van der Waals surface area contributed by atoms with Gasteiger partial charge in [0, 0.05) is 25.2 Å². The van der Waals surface area contributed by atoms with Crippen molar-refractivity contribution in [1.82, 2.24) is 5.32 Å². The highest BCUT2D eigenvalue weighted by molar-refractivity contribution is 5.81. The molecule has 1 heterocycles. The number of hydrogen-bond acceptors (Lipinski definition) is 6. The average Bonchev–Trinajstić information content (AvgIpc) is 2.74. The minimum Gasteiger partial charge on any atom is -0.455 e. The van der Waals surface area contributed by atoms with Crippen molar-refractivity contribution in [3.8, 4) is 0 Å². The molecule has 1 aliphatic heterocycles. The molecule has 1 aromatic carbocycles. The van der Waals surface area contributed by atoms with Gasteiger partial charge in [0.25, 0.3) is 11.6 Å². The van der Waals surface area contributed by atoms with E-state index in [1.807, 2.05) is 4.90 Å². The first-order valence-corrected chi connectivity index (χ1v) is 10.4. The molecule has 2 fully saturated rings. The van der Waals surface area contributed by atoms with E-state index in [9.17, 15) is 19.7 Å². The molecule has 0 bridgehead atoms. The van der Waals surface area contributed by atoms with Gasteiger partial charge in [-0.15, -0.1) is 0 Å². The molecule has 0 spiro atoms. The predicted molar refractivity (Wildman–Crippen MR) is 109 cm³/mol. The van der Waals surface area contributed by atoms with Gasteiger partial charge < -0.3 is 15.0 Å². The lowest BCUT2D eigenvalue weighted by atomic mass is 9.86. The Kier molecular flexibility index (Phi) is 7.06. The number of ether oxygens (including phenoxy) is 1. The second-order valence-electron chi connectivity index (χ2n) is 8.05. The van der Waals surface area contributed by atoms with Crippen molar-refractivity contribution >= 4 is 23.3 Å². The Morgan fingerprint density at radius 1 is 1.17 bits per heavy atom. The normalized spacial score (nSPS) is 22.7. The van der Waals surface area contributed by atoms with Crippen molar-refractivity contribution in [3.63, 3.8) is 0 Å². The number of esters is 1. The van der Waals surface area contributed by atoms with E-state index in [0.717, 1.165) is 19.3 Å². The molecule has 1 N–H and O–H groups in total. The molecule has 0 aromatic heterocycles. The molecule has 1 saturated carbocycles. The van der Waals surface area contributed by atoms with Crippen LogP contribution in [0.25, 0.3) is 0 Å². The van der Waals surface area contributed by atoms with Crippen molar-refractivity contribution in [2.45, 2.75) is 51.5 Å². The molecule has 0 radical (unpaired) electrons. The molecule has 8 heteroatoms. The number of nitrogens with zero attached hydrogens (tertiary/aromatic N) is 2. The minimum absolute atomic E-state index is 0.0714. The van der Waals surface area contributed by atoms with E-state index >= 15 is 0 Å². The lowest BCUT2D eigenvalue weighted by Crippen LogP contribution is -2.43. The number of rotatable bonds is 6. The fourth-order valence-corrected chi connectivity index (χ4v) is 4.28. The van der Waals surface area contributed by atoms with Gasteiger partial charge in [-0.05, 0) is 37.7 Å². The highest BCUT2D eigenvalue weighted by Gasteiger charge is 2.30. The van der Waals surface area contributed by atoms with Gasteiger partial charge in [0.15, 0.2) is 6.61 Å². The maximum absolute atomic E-state index is 12.3. The molecule has 8 nitrogen and oxygen atoms in total.